The summed E-state index contributed by atoms with van der Waals surface area (Å²) < 4.78 is 5.38. The molecule has 112 valence electrons. The number of methoxy groups -OCH3 is 1. The van der Waals surface area contributed by atoms with E-state index < -0.39 is 11.2 Å². The molecule has 2 aromatic rings. The molecule has 0 bridgehead atoms. The highest BCUT2D eigenvalue weighted by molar-refractivity contribution is 6.30. The Bertz CT molecular complexity index is 708. The van der Waals surface area contributed by atoms with Gasteiger partial charge in [-0.25, -0.2) is 0 Å². The van der Waals surface area contributed by atoms with Crippen LogP contribution in [0.4, 0.5) is 0 Å². The highest BCUT2D eigenvalue weighted by Gasteiger charge is 2.28. The number of H-pyrrole nitrogens is 1. The maximum absolute atomic E-state index is 12.3. The lowest BCUT2D eigenvalue weighted by Gasteiger charge is -2.25. The summed E-state index contributed by atoms with van der Waals surface area (Å²) >= 11 is 5.91. The molecule has 0 saturated heterocycles. The fraction of sp³-hybridized carbons (Fsp3) is 0.333. The molecule has 0 spiro atoms. The monoisotopic (exact) mass is 308 g/mol. The summed E-state index contributed by atoms with van der Waals surface area (Å²) in [4.78, 5) is 19.1. The molecule has 21 heavy (non-hydrogen) atoms. The van der Waals surface area contributed by atoms with Crippen molar-refractivity contribution in [2.75, 3.05) is 7.11 Å². The number of aromatic amines is 1. The van der Waals surface area contributed by atoms with Gasteiger partial charge < -0.3 is 14.8 Å². The number of aromatic nitrogens is 2. The first kappa shape index (κ1) is 15.5. The molecule has 1 aromatic carbocycles. The van der Waals surface area contributed by atoms with E-state index in [4.69, 9.17) is 16.3 Å². The summed E-state index contributed by atoms with van der Waals surface area (Å²) in [5.41, 5.74) is -0.591. The SMILES string of the molecule is CCC(C)(OC)c1nc(O)c(-c2cccc(Cl)c2)c(=O)[nH]1. The molecule has 1 atom stereocenters. The molecule has 0 aliphatic heterocycles. The maximum atomic E-state index is 12.3. The number of hydrogen-bond acceptors (Lipinski definition) is 4. The van der Waals surface area contributed by atoms with Crippen molar-refractivity contribution >= 4 is 11.6 Å². The molecule has 2 rings (SSSR count). The second kappa shape index (κ2) is 5.87. The van der Waals surface area contributed by atoms with Gasteiger partial charge in [0, 0.05) is 12.1 Å². The van der Waals surface area contributed by atoms with Gasteiger partial charge in [-0.1, -0.05) is 30.7 Å². The predicted octanol–water partition coefficient (Wildman–Crippen LogP) is 3.07. The molecule has 0 aliphatic carbocycles. The first-order chi connectivity index (χ1) is 9.91. The van der Waals surface area contributed by atoms with Crippen molar-refractivity contribution in [1.29, 1.82) is 0 Å². The number of hydrogen-bond donors (Lipinski definition) is 2. The number of benzene rings is 1. The van der Waals surface area contributed by atoms with Crippen LogP contribution in [0.2, 0.25) is 5.02 Å². The van der Waals surface area contributed by atoms with Gasteiger partial charge in [-0.3, -0.25) is 4.79 Å². The van der Waals surface area contributed by atoms with Crippen molar-refractivity contribution in [2.45, 2.75) is 25.9 Å². The number of nitrogens with one attached hydrogen (secondary N) is 1. The zero-order valence-corrected chi connectivity index (χ0v) is 12.9. The van der Waals surface area contributed by atoms with Crippen LogP contribution in [0.5, 0.6) is 5.88 Å². The lowest BCUT2D eigenvalue weighted by molar-refractivity contribution is -0.00956. The molecule has 1 unspecified atom stereocenters. The summed E-state index contributed by atoms with van der Waals surface area (Å²) in [6, 6.07) is 6.68. The normalized spacial score (nSPS) is 13.9. The van der Waals surface area contributed by atoms with Gasteiger partial charge >= 0.3 is 0 Å². The minimum Gasteiger partial charge on any atom is -0.493 e. The molecule has 2 N–H and O–H groups in total. The van der Waals surface area contributed by atoms with Crippen molar-refractivity contribution in [3.63, 3.8) is 0 Å². The fourth-order valence-corrected chi connectivity index (χ4v) is 2.21. The Kier molecular flexibility index (Phi) is 4.34. The number of aromatic hydroxyl groups is 1. The van der Waals surface area contributed by atoms with Gasteiger partial charge in [0.2, 0.25) is 5.88 Å². The molecule has 1 aromatic heterocycles. The third-order valence-electron chi connectivity index (χ3n) is 3.64. The standard InChI is InChI=1S/C15H17ClN2O3/c1-4-15(2,21-3)14-17-12(19)11(13(20)18-14)9-6-5-7-10(16)8-9/h5-8H,4H2,1-3H3,(H2,17,18,19,20). The van der Waals surface area contributed by atoms with Crippen molar-refractivity contribution in [2.24, 2.45) is 0 Å². The first-order valence-electron chi connectivity index (χ1n) is 6.56. The number of halogens is 1. The van der Waals surface area contributed by atoms with Crippen LogP contribution in [0.25, 0.3) is 11.1 Å². The Morgan fingerprint density at radius 2 is 2.19 bits per heavy atom. The molecule has 0 fully saturated rings. The molecule has 0 amide bonds. The van der Waals surface area contributed by atoms with Gasteiger partial charge in [0.15, 0.2) is 0 Å². The van der Waals surface area contributed by atoms with E-state index in [9.17, 15) is 9.90 Å². The van der Waals surface area contributed by atoms with E-state index in [1.54, 1.807) is 31.2 Å². The third-order valence-corrected chi connectivity index (χ3v) is 3.87. The second-order valence-electron chi connectivity index (χ2n) is 4.91. The Morgan fingerprint density at radius 3 is 2.71 bits per heavy atom. The summed E-state index contributed by atoms with van der Waals surface area (Å²) in [5.74, 6) is -0.0477. The molecule has 1 heterocycles. The van der Waals surface area contributed by atoms with E-state index in [0.29, 0.717) is 22.8 Å². The van der Waals surface area contributed by atoms with E-state index in [-0.39, 0.29) is 11.4 Å². The van der Waals surface area contributed by atoms with Gasteiger partial charge in [0.1, 0.15) is 17.0 Å². The van der Waals surface area contributed by atoms with Crippen molar-refractivity contribution in [3.05, 3.63) is 45.5 Å². The zero-order chi connectivity index (χ0) is 15.6. The average Bonchev–Trinajstić information content (AvgIpc) is 2.45. The molecular weight excluding hydrogens is 292 g/mol. The Balaban J connectivity index is 2.61. The van der Waals surface area contributed by atoms with E-state index in [1.807, 2.05) is 6.92 Å². The largest absolute Gasteiger partial charge is 0.493 e. The van der Waals surface area contributed by atoms with Crippen molar-refractivity contribution in [3.8, 4) is 17.0 Å². The van der Waals surface area contributed by atoms with Crippen LogP contribution in [-0.4, -0.2) is 22.2 Å². The van der Waals surface area contributed by atoms with Crippen molar-refractivity contribution in [1.82, 2.24) is 9.97 Å². The zero-order valence-electron chi connectivity index (χ0n) is 12.1. The Morgan fingerprint density at radius 1 is 1.48 bits per heavy atom. The molecular formula is C15H17ClN2O3. The van der Waals surface area contributed by atoms with Gasteiger partial charge in [-0.05, 0) is 31.0 Å². The summed E-state index contributed by atoms with van der Waals surface area (Å²) in [7, 11) is 1.53. The van der Waals surface area contributed by atoms with Crippen LogP contribution in [0.1, 0.15) is 26.1 Å². The fourth-order valence-electron chi connectivity index (χ4n) is 2.02. The second-order valence-corrected chi connectivity index (χ2v) is 5.35. The molecule has 6 heteroatoms. The summed E-state index contributed by atoms with van der Waals surface area (Å²) in [5, 5.41) is 10.6. The molecule has 5 nitrogen and oxygen atoms in total. The average molecular weight is 309 g/mol. The van der Waals surface area contributed by atoms with Gasteiger partial charge in [-0.15, -0.1) is 0 Å². The lowest BCUT2D eigenvalue weighted by atomic mass is 10.0. The first-order valence-corrected chi connectivity index (χ1v) is 6.94. The van der Waals surface area contributed by atoms with E-state index in [2.05, 4.69) is 9.97 Å². The van der Waals surface area contributed by atoms with Crippen LogP contribution in [0.3, 0.4) is 0 Å². The topological polar surface area (TPSA) is 75.2 Å². The highest BCUT2D eigenvalue weighted by atomic mass is 35.5. The molecule has 0 radical (unpaired) electrons. The van der Waals surface area contributed by atoms with Crippen LogP contribution in [-0.2, 0) is 10.3 Å². The van der Waals surface area contributed by atoms with Crippen molar-refractivity contribution < 1.29 is 9.84 Å². The van der Waals surface area contributed by atoms with E-state index >= 15 is 0 Å². The summed E-state index contributed by atoms with van der Waals surface area (Å²) in [6.45, 7) is 3.70. The lowest BCUT2D eigenvalue weighted by Crippen LogP contribution is -2.29. The quantitative estimate of drug-likeness (QED) is 0.910. The number of ether oxygens (including phenoxy) is 1. The van der Waals surface area contributed by atoms with E-state index in [0.717, 1.165) is 0 Å². The minimum absolute atomic E-state index is 0.0933. The predicted molar refractivity (Wildman–Crippen MR) is 81.6 cm³/mol. The van der Waals surface area contributed by atoms with Gasteiger partial charge in [0.05, 0.1) is 0 Å². The van der Waals surface area contributed by atoms with Crippen LogP contribution in [0.15, 0.2) is 29.1 Å². The van der Waals surface area contributed by atoms with Crippen LogP contribution >= 0.6 is 11.6 Å². The maximum Gasteiger partial charge on any atom is 0.262 e. The third kappa shape index (κ3) is 2.94. The molecule has 0 aliphatic rings. The van der Waals surface area contributed by atoms with Gasteiger partial charge in [0.25, 0.3) is 5.56 Å². The number of rotatable bonds is 4. The van der Waals surface area contributed by atoms with Gasteiger partial charge in [-0.2, -0.15) is 4.98 Å². The molecule has 0 saturated carbocycles. The smallest absolute Gasteiger partial charge is 0.262 e. The summed E-state index contributed by atoms with van der Waals surface area (Å²) in [6.07, 6.45) is 0.600. The minimum atomic E-state index is -0.760. The Hall–Kier alpha value is -1.85. The number of nitrogens with zero attached hydrogens (tertiary/aromatic N) is 1. The highest BCUT2D eigenvalue weighted by Crippen LogP contribution is 2.30. The van der Waals surface area contributed by atoms with Crippen LogP contribution < -0.4 is 5.56 Å². The van der Waals surface area contributed by atoms with Crippen LogP contribution in [0, 0.1) is 0 Å². The van der Waals surface area contributed by atoms with E-state index in [1.165, 1.54) is 7.11 Å². The Labute approximate surface area is 127 Å².